The highest BCUT2D eigenvalue weighted by molar-refractivity contribution is 5.74. The molecule has 1 aliphatic carbocycles. The first kappa shape index (κ1) is 15.6. The molecule has 2 aromatic rings. The molecule has 3 rings (SSSR count). The third-order valence-corrected chi connectivity index (χ3v) is 4.67. The normalized spacial score (nSPS) is 15.5. The van der Waals surface area contributed by atoms with Gasteiger partial charge in [0.15, 0.2) is 0 Å². The van der Waals surface area contributed by atoms with E-state index in [4.69, 9.17) is 0 Å². The van der Waals surface area contributed by atoms with Crippen LogP contribution in [-0.4, -0.2) is 18.0 Å². The van der Waals surface area contributed by atoms with Gasteiger partial charge in [0.05, 0.1) is 6.04 Å². The Morgan fingerprint density at radius 2 is 1.70 bits per heavy atom. The standard InChI is InChI=1S/C20H24N2O/c1-22(15-16-9-4-2-5-10-16)20(23)21-19(18-13-8-14-18)17-11-6-3-7-12-17/h2-7,9-12,18-19H,8,13-15H2,1H3,(H,21,23). The van der Waals surface area contributed by atoms with Crippen LogP contribution < -0.4 is 5.32 Å². The average molecular weight is 308 g/mol. The van der Waals surface area contributed by atoms with E-state index in [9.17, 15) is 4.79 Å². The first-order chi connectivity index (χ1) is 11.2. The lowest BCUT2D eigenvalue weighted by atomic mass is 9.77. The molecule has 0 spiro atoms. The lowest BCUT2D eigenvalue weighted by Crippen LogP contribution is -2.42. The summed E-state index contributed by atoms with van der Waals surface area (Å²) in [4.78, 5) is 14.3. The zero-order chi connectivity index (χ0) is 16.1. The molecule has 1 aliphatic rings. The minimum Gasteiger partial charge on any atom is -0.331 e. The SMILES string of the molecule is CN(Cc1ccccc1)C(=O)NC(c1ccccc1)C1CCC1. The fourth-order valence-electron chi connectivity index (χ4n) is 3.08. The van der Waals surface area contributed by atoms with Gasteiger partial charge >= 0.3 is 6.03 Å². The lowest BCUT2D eigenvalue weighted by Gasteiger charge is -2.35. The largest absolute Gasteiger partial charge is 0.331 e. The van der Waals surface area contributed by atoms with E-state index in [1.165, 1.54) is 24.8 Å². The maximum Gasteiger partial charge on any atom is 0.317 e. The third kappa shape index (κ3) is 3.92. The Morgan fingerprint density at radius 3 is 2.26 bits per heavy atom. The molecular weight excluding hydrogens is 284 g/mol. The van der Waals surface area contributed by atoms with Crippen LogP contribution in [0.3, 0.4) is 0 Å². The van der Waals surface area contributed by atoms with Gasteiger partial charge in [-0.05, 0) is 29.9 Å². The van der Waals surface area contributed by atoms with Crippen LogP contribution in [0.4, 0.5) is 4.79 Å². The second-order valence-corrected chi connectivity index (χ2v) is 6.37. The van der Waals surface area contributed by atoms with E-state index in [1.807, 2.05) is 55.6 Å². The van der Waals surface area contributed by atoms with Crippen LogP contribution in [0.15, 0.2) is 60.7 Å². The Labute approximate surface area is 138 Å². The van der Waals surface area contributed by atoms with Crippen molar-refractivity contribution in [3.05, 3.63) is 71.8 Å². The summed E-state index contributed by atoms with van der Waals surface area (Å²) in [7, 11) is 1.85. The van der Waals surface area contributed by atoms with Crippen molar-refractivity contribution < 1.29 is 4.79 Å². The third-order valence-electron chi connectivity index (χ3n) is 4.67. The zero-order valence-electron chi connectivity index (χ0n) is 13.6. The molecule has 0 aliphatic heterocycles. The second-order valence-electron chi connectivity index (χ2n) is 6.37. The fourth-order valence-corrected chi connectivity index (χ4v) is 3.08. The minimum atomic E-state index is -0.00499. The summed E-state index contributed by atoms with van der Waals surface area (Å²) in [5.74, 6) is 0.562. The number of benzene rings is 2. The molecular formula is C20H24N2O. The number of carbonyl (C=O) groups excluding carboxylic acids is 1. The van der Waals surface area contributed by atoms with Crippen LogP contribution in [0.2, 0.25) is 0 Å². The van der Waals surface area contributed by atoms with Gasteiger partial charge in [-0.3, -0.25) is 0 Å². The van der Waals surface area contributed by atoms with E-state index in [-0.39, 0.29) is 12.1 Å². The summed E-state index contributed by atoms with van der Waals surface area (Å²) in [5, 5.41) is 3.24. The molecule has 0 bridgehead atoms. The second kappa shape index (κ2) is 7.32. The number of hydrogen-bond acceptors (Lipinski definition) is 1. The molecule has 0 heterocycles. The zero-order valence-corrected chi connectivity index (χ0v) is 13.6. The van der Waals surface area contributed by atoms with Crippen LogP contribution in [0.1, 0.15) is 36.4 Å². The minimum absolute atomic E-state index is 0.00499. The molecule has 3 heteroatoms. The smallest absolute Gasteiger partial charge is 0.317 e. The number of amides is 2. The van der Waals surface area contributed by atoms with Gasteiger partial charge in [-0.2, -0.15) is 0 Å². The molecule has 1 unspecified atom stereocenters. The number of hydrogen-bond donors (Lipinski definition) is 1. The molecule has 23 heavy (non-hydrogen) atoms. The molecule has 1 fully saturated rings. The molecule has 3 nitrogen and oxygen atoms in total. The highest BCUT2D eigenvalue weighted by Crippen LogP contribution is 2.37. The molecule has 0 aromatic heterocycles. The van der Waals surface area contributed by atoms with Crippen LogP contribution in [-0.2, 0) is 6.54 Å². The molecule has 2 aromatic carbocycles. The van der Waals surface area contributed by atoms with Gasteiger partial charge in [-0.15, -0.1) is 0 Å². The summed E-state index contributed by atoms with van der Waals surface area (Å²) in [6.07, 6.45) is 3.66. The Kier molecular flexibility index (Phi) is 4.96. The van der Waals surface area contributed by atoms with Crippen molar-refractivity contribution in [1.29, 1.82) is 0 Å². The highest BCUT2D eigenvalue weighted by atomic mass is 16.2. The number of urea groups is 1. The van der Waals surface area contributed by atoms with Crippen molar-refractivity contribution in [1.82, 2.24) is 10.2 Å². The quantitative estimate of drug-likeness (QED) is 0.874. The summed E-state index contributed by atoms with van der Waals surface area (Å²) in [6.45, 7) is 0.624. The van der Waals surface area contributed by atoms with Gasteiger partial charge < -0.3 is 10.2 Å². The van der Waals surface area contributed by atoms with Gasteiger partial charge in [0, 0.05) is 13.6 Å². The summed E-state index contributed by atoms with van der Waals surface area (Å²) in [5.41, 5.74) is 2.35. The Morgan fingerprint density at radius 1 is 1.09 bits per heavy atom. The van der Waals surface area contributed by atoms with Crippen molar-refractivity contribution >= 4 is 6.03 Å². The van der Waals surface area contributed by atoms with Gasteiger partial charge in [-0.1, -0.05) is 67.1 Å². The molecule has 2 amide bonds. The van der Waals surface area contributed by atoms with E-state index in [2.05, 4.69) is 17.4 Å². The van der Waals surface area contributed by atoms with Crippen molar-refractivity contribution in [2.45, 2.75) is 31.8 Å². The van der Waals surface area contributed by atoms with Crippen molar-refractivity contribution in [2.24, 2.45) is 5.92 Å². The first-order valence-corrected chi connectivity index (χ1v) is 8.34. The predicted molar refractivity (Wildman–Crippen MR) is 93.0 cm³/mol. The van der Waals surface area contributed by atoms with E-state index < -0.39 is 0 Å². The molecule has 1 saturated carbocycles. The Hall–Kier alpha value is -2.29. The number of rotatable bonds is 5. The van der Waals surface area contributed by atoms with Crippen molar-refractivity contribution in [2.75, 3.05) is 7.05 Å². The van der Waals surface area contributed by atoms with Crippen molar-refractivity contribution in [3.63, 3.8) is 0 Å². The maximum atomic E-state index is 12.6. The lowest BCUT2D eigenvalue weighted by molar-refractivity contribution is 0.182. The average Bonchev–Trinajstić information content (AvgIpc) is 2.54. The van der Waals surface area contributed by atoms with Crippen LogP contribution in [0.5, 0.6) is 0 Å². The number of carbonyl (C=O) groups is 1. The van der Waals surface area contributed by atoms with E-state index in [0.717, 1.165) is 5.56 Å². The summed E-state index contributed by atoms with van der Waals surface area (Å²) in [6, 6.07) is 20.5. The van der Waals surface area contributed by atoms with Gasteiger partial charge in [0.25, 0.3) is 0 Å². The fraction of sp³-hybridized carbons (Fsp3) is 0.350. The van der Waals surface area contributed by atoms with Crippen molar-refractivity contribution in [3.8, 4) is 0 Å². The monoisotopic (exact) mass is 308 g/mol. The Bertz CT molecular complexity index is 623. The summed E-state index contributed by atoms with van der Waals surface area (Å²) < 4.78 is 0. The molecule has 0 radical (unpaired) electrons. The van der Waals surface area contributed by atoms with Gasteiger partial charge in [-0.25, -0.2) is 4.79 Å². The van der Waals surface area contributed by atoms with Crippen LogP contribution >= 0.6 is 0 Å². The van der Waals surface area contributed by atoms with Crippen LogP contribution in [0.25, 0.3) is 0 Å². The maximum absolute atomic E-state index is 12.6. The molecule has 120 valence electrons. The topological polar surface area (TPSA) is 32.3 Å². The predicted octanol–water partition coefficient (Wildman–Crippen LogP) is 4.37. The first-order valence-electron chi connectivity index (χ1n) is 8.34. The van der Waals surface area contributed by atoms with Crippen LogP contribution in [0, 0.1) is 5.92 Å². The van der Waals surface area contributed by atoms with Gasteiger partial charge in [0.1, 0.15) is 0 Å². The molecule has 1 N–H and O–H groups in total. The molecule has 0 saturated heterocycles. The van der Waals surface area contributed by atoms with E-state index in [0.29, 0.717) is 12.5 Å². The van der Waals surface area contributed by atoms with E-state index in [1.54, 1.807) is 4.90 Å². The number of nitrogens with one attached hydrogen (secondary N) is 1. The summed E-state index contributed by atoms with van der Waals surface area (Å²) >= 11 is 0. The Balaban J connectivity index is 1.66. The van der Waals surface area contributed by atoms with E-state index >= 15 is 0 Å². The van der Waals surface area contributed by atoms with Gasteiger partial charge in [0.2, 0.25) is 0 Å². The highest BCUT2D eigenvalue weighted by Gasteiger charge is 2.30. The molecule has 1 atom stereocenters. The number of nitrogens with zero attached hydrogens (tertiary/aromatic N) is 1.